The standard InChI is InChI=1S/C23H34O7/c1-7-15-19(30-13(3)25)21(6,27)20(4,5)16-9-14(11-24)10-22(28)17(23(15,16)29)8-12(2)18(22)26/h8-9,15-17,19,24,27-29H,7,10-11H2,1-6H3/t15-,16+,17-,19-,21-,22-,23-/m1/s1. The van der Waals surface area contributed by atoms with E-state index in [1.807, 2.05) is 6.92 Å². The summed E-state index contributed by atoms with van der Waals surface area (Å²) in [5, 5.41) is 45.5. The lowest BCUT2D eigenvalue weighted by Gasteiger charge is -2.63. The van der Waals surface area contributed by atoms with Gasteiger partial charge in [0.1, 0.15) is 17.3 Å². The maximum absolute atomic E-state index is 13.0. The molecule has 0 amide bonds. The van der Waals surface area contributed by atoms with E-state index in [1.54, 1.807) is 39.8 Å². The van der Waals surface area contributed by atoms with Gasteiger partial charge in [0.2, 0.25) is 0 Å². The van der Waals surface area contributed by atoms with Gasteiger partial charge < -0.3 is 25.2 Å². The zero-order valence-corrected chi connectivity index (χ0v) is 18.6. The molecule has 30 heavy (non-hydrogen) atoms. The van der Waals surface area contributed by atoms with Crippen LogP contribution in [0.15, 0.2) is 23.3 Å². The Balaban J connectivity index is 2.35. The van der Waals surface area contributed by atoms with Gasteiger partial charge in [-0.3, -0.25) is 9.59 Å². The van der Waals surface area contributed by atoms with Gasteiger partial charge in [-0.2, -0.15) is 0 Å². The number of ether oxygens (including phenoxy) is 1. The minimum Gasteiger partial charge on any atom is -0.459 e. The smallest absolute Gasteiger partial charge is 0.303 e. The quantitative estimate of drug-likeness (QED) is 0.399. The van der Waals surface area contributed by atoms with Gasteiger partial charge in [0.25, 0.3) is 0 Å². The fraction of sp³-hybridized carbons (Fsp3) is 0.739. The fourth-order valence-electron chi connectivity index (χ4n) is 6.21. The summed E-state index contributed by atoms with van der Waals surface area (Å²) in [5.41, 5.74) is -5.36. The predicted octanol–water partition coefficient (Wildman–Crippen LogP) is 1.28. The summed E-state index contributed by atoms with van der Waals surface area (Å²) in [7, 11) is 0. The van der Waals surface area contributed by atoms with Crippen molar-refractivity contribution < 1.29 is 34.8 Å². The van der Waals surface area contributed by atoms with Crippen molar-refractivity contribution in [2.24, 2.45) is 23.2 Å². The summed E-state index contributed by atoms with van der Waals surface area (Å²) < 4.78 is 5.58. The maximum atomic E-state index is 13.0. The number of ketones is 1. The van der Waals surface area contributed by atoms with Crippen LogP contribution in [0.2, 0.25) is 0 Å². The van der Waals surface area contributed by atoms with Crippen molar-refractivity contribution in [3.8, 4) is 0 Å². The first-order chi connectivity index (χ1) is 13.7. The number of aliphatic hydroxyl groups is 4. The molecule has 3 aliphatic rings. The van der Waals surface area contributed by atoms with Crippen molar-refractivity contribution in [3.05, 3.63) is 23.3 Å². The monoisotopic (exact) mass is 422 g/mol. The Morgan fingerprint density at radius 2 is 1.77 bits per heavy atom. The average Bonchev–Trinajstić information content (AvgIpc) is 2.81. The molecule has 0 heterocycles. The Bertz CT molecular complexity index is 823. The summed E-state index contributed by atoms with van der Waals surface area (Å²) in [4.78, 5) is 24.9. The van der Waals surface area contributed by atoms with E-state index >= 15 is 0 Å². The van der Waals surface area contributed by atoms with Gasteiger partial charge in [0.05, 0.1) is 12.2 Å². The molecular formula is C23H34O7. The third-order valence-electron chi connectivity index (χ3n) is 8.11. The van der Waals surface area contributed by atoms with Crippen molar-refractivity contribution in [1.29, 1.82) is 0 Å². The zero-order valence-electron chi connectivity index (χ0n) is 18.6. The van der Waals surface area contributed by atoms with Gasteiger partial charge in [-0.05, 0) is 31.4 Å². The predicted molar refractivity (Wildman–Crippen MR) is 109 cm³/mol. The number of Topliss-reactive ketones (excluding diaryl/α,β-unsaturated/α-hetero) is 1. The van der Waals surface area contributed by atoms with Crippen LogP contribution in [0.1, 0.15) is 54.4 Å². The minimum absolute atomic E-state index is 0.105. The number of rotatable bonds is 3. The lowest BCUT2D eigenvalue weighted by molar-refractivity contribution is -0.287. The molecule has 0 aliphatic heterocycles. The van der Waals surface area contributed by atoms with Gasteiger partial charge in [0.15, 0.2) is 5.78 Å². The van der Waals surface area contributed by atoms with E-state index in [2.05, 4.69) is 0 Å². The van der Waals surface area contributed by atoms with Crippen LogP contribution in [0.25, 0.3) is 0 Å². The van der Waals surface area contributed by atoms with Crippen LogP contribution in [0.3, 0.4) is 0 Å². The van der Waals surface area contributed by atoms with Gasteiger partial charge in [0, 0.05) is 36.5 Å². The Morgan fingerprint density at radius 3 is 2.27 bits per heavy atom. The third kappa shape index (κ3) is 2.79. The molecule has 0 spiro atoms. The normalized spacial score (nSPS) is 45.1. The van der Waals surface area contributed by atoms with Crippen LogP contribution in [-0.2, 0) is 14.3 Å². The number of fused-ring (bicyclic) bond motifs is 3. The van der Waals surface area contributed by atoms with E-state index in [1.165, 1.54) is 6.92 Å². The van der Waals surface area contributed by atoms with Gasteiger partial charge in [-0.25, -0.2) is 0 Å². The molecule has 4 N–H and O–H groups in total. The average molecular weight is 423 g/mol. The second-order valence-corrected chi connectivity index (χ2v) is 10.0. The van der Waals surface area contributed by atoms with E-state index in [-0.39, 0.29) is 13.0 Å². The van der Waals surface area contributed by atoms with Gasteiger partial charge in [-0.1, -0.05) is 32.9 Å². The minimum atomic E-state index is -1.91. The molecule has 168 valence electrons. The highest BCUT2D eigenvalue weighted by Crippen LogP contribution is 2.63. The summed E-state index contributed by atoms with van der Waals surface area (Å²) >= 11 is 0. The molecule has 0 unspecified atom stereocenters. The van der Waals surface area contributed by atoms with Crippen molar-refractivity contribution in [2.75, 3.05) is 6.61 Å². The molecular weight excluding hydrogens is 388 g/mol. The van der Waals surface area contributed by atoms with Crippen LogP contribution in [0.5, 0.6) is 0 Å². The van der Waals surface area contributed by atoms with E-state index in [4.69, 9.17) is 4.74 Å². The van der Waals surface area contributed by atoms with E-state index in [0.717, 1.165) is 0 Å². The van der Waals surface area contributed by atoms with Crippen molar-refractivity contribution in [2.45, 2.75) is 77.3 Å². The van der Waals surface area contributed by atoms with Crippen LogP contribution >= 0.6 is 0 Å². The Kier molecular flexibility index (Phi) is 5.39. The molecule has 3 rings (SSSR count). The molecule has 3 aliphatic carbocycles. The number of aliphatic hydroxyl groups excluding tert-OH is 1. The van der Waals surface area contributed by atoms with Crippen LogP contribution in [0.4, 0.5) is 0 Å². The lowest BCUT2D eigenvalue weighted by Crippen LogP contribution is -2.74. The number of carbonyl (C=O) groups is 2. The van der Waals surface area contributed by atoms with Crippen molar-refractivity contribution >= 4 is 11.8 Å². The molecule has 7 atom stereocenters. The molecule has 7 heteroatoms. The van der Waals surface area contributed by atoms with E-state index < -0.39 is 57.8 Å². The third-order valence-corrected chi connectivity index (χ3v) is 8.11. The molecule has 0 aromatic rings. The van der Waals surface area contributed by atoms with Gasteiger partial charge in [-0.15, -0.1) is 0 Å². The molecule has 0 aromatic heterocycles. The zero-order chi connectivity index (χ0) is 22.9. The first kappa shape index (κ1) is 23.1. The number of carbonyl (C=O) groups excluding carboxylic acids is 2. The maximum Gasteiger partial charge on any atom is 0.303 e. The van der Waals surface area contributed by atoms with Crippen LogP contribution in [-0.4, -0.2) is 61.7 Å². The summed E-state index contributed by atoms with van der Waals surface area (Å²) in [6.45, 7) is 9.43. The molecule has 0 radical (unpaired) electrons. The van der Waals surface area contributed by atoms with Crippen LogP contribution in [0, 0.1) is 23.2 Å². The molecule has 0 saturated heterocycles. The van der Waals surface area contributed by atoms with Gasteiger partial charge >= 0.3 is 5.97 Å². The second kappa shape index (κ2) is 6.99. The van der Waals surface area contributed by atoms with Crippen molar-refractivity contribution in [1.82, 2.24) is 0 Å². The molecule has 7 nitrogen and oxygen atoms in total. The first-order valence-electron chi connectivity index (χ1n) is 10.6. The second-order valence-electron chi connectivity index (χ2n) is 10.0. The molecule has 0 aromatic carbocycles. The van der Waals surface area contributed by atoms with E-state index in [9.17, 15) is 30.0 Å². The van der Waals surface area contributed by atoms with E-state index in [0.29, 0.717) is 17.6 Å². The molecule has 1 saturated carbocycles. The van der Waals surface area contributed by atoms with Crippen molar-refractivity contribution in [3.63, 3.8) is 0 Å². The lowest BCUT2D eigenvalue weighted by atomic mass is 9.46. The Hall–Kier alpha value is -1.54. The Labute approximate surface area is 177 Å². The highest BCUT2D eigenvalue weighted by atomic mass is 16.6. The first-order valence-corrected chi connectivity index (χ1v) is 10.6. The fourth-order valence-corrected chi connectivity index (χ4v) is 6.21. The summed E-state index contributed by atoms with van der Waals surface area (Å²) in [6, 6.07) is 0. The highest BCUT2D eigenvalue weighted by molar-refractivity contribution is 6.04. The largest absolute Gasteiger partial charge is 0.459 e. The molecule has 1 fully saturated rings. The number of esters is 1. The topological polar surface area (TPSA) is 124 Å². The summed E-state index contributed by atoms with van der Waals surface area (Å²) in [6.07, 6.45) is 2.50. The van der Waals surface area contributed by atoms with Crippen LogP contribution < -0.4 is 0 Å². The Morgan fingerprint density at radius 1 is 1.17 bits per heavy atom. The number of hydrogen-bond acceptors (Lipinski definition) is 7. The molecule has 0 bridgehead atoms. The summed E-state index contributed by atoms with van der Waals surface area (Å²) in [5.74, 6) is -3.50. The SMILES string of the molecule is CC[C@@H]1[C@@H](OC(C)=O)[C@@](C)(O)C(C)(C)[C@@H]2C=C(CO)C[C@]3(O)C(=O)C(C)=C[C@H]3[C@@]12O. The number of hydrogen-bond donors (Lipinski definition) is 4. The highest BCUT2D eigenvalue weighted by Gasteiger charge is 2.72.